The fourth-order valence-electron chi connectivity index (χ4n) is 2.79. The van der Waals surface area contributed by atoms with Crippen LogP contribution < -0.4 is 4.74 Å². The number of rotatable bonds is 5. The van der Waals surface area contributed by atoms with Gasteiger partial charge < -0.3 is 14.9 Å². The van der Waals surface area contributed by atoms with Crippen LogP contribution in [0.2, 0.25) is 0 Å². The summed E-state index contributed by atoms with van der Waals surface area (Å²) in [6.07, 6.45) is 1.82. The Morgan fingerprint density at radius 2 is 2.19 bits per heavy atom. The molecule has 26 heavy (non-hydrogen) atoms. The standard InChI is InChI=1S/C18H18N2O4S2/c1-9(2)16-12(11-6-10(24-3)4-5-13(11)19-16)7-14-17(23)20(8-15(21)22)18(25)26-14/h4-7,9,23H,8H2,1-3H3,(H,21,22)/b12-7+. The number of benzene rings is 1. The van der Waals surface area contributed by atoms with E-state index >= 15 is 0 Å². The van der Waals surface area contributed by atoms with Gasteiger partial charge in [-0.2, -0.15) is 0 Å². The van der Waals surface area contributed by atoms with Gasteiger partial charge in [-0.3, -0.25) is 14.4 Å². The van der Waals surface area contributed by atoms with E-state index in [-0.39, 0.29) is 18.3 Å². The molecule has 1 aliphatic heterocycles. The molecule has 0 fully saturated rings. The van der Waals surface area contributed by atoms with Crippen molar-refractivity contribution in [3.8, 4) is 11.6 Å². The van der Waals surface area contributed by atoms with E-state index < -0.39 is 5.97 Å². The molecule has 0 radical (unpaired) electrons. The fraction of sp³-hybridized carbons (Fsp3) is 0.278. The van der Waals surface area contributed by atoms with E-state index in [0.29, 0.717) is 8.83 Å². The first kappa shape index (κ1) is 18.3. The number of aromatic nitrogens is 1. The van der Waals surface area contributed by atoms with Gasteiger partial charge in [0.25, 0.3) is 0 Å². The number of aliphatic carboxylic acids is 1. The summed E-state index contributed by atoms with van der Waals surface area (Å²) in [5.41, 5.74) is 3.53. The maximum absolute atomic E-state index is 11.0. The Morgan fingerprint density at radius 1 is 1.46 bits per heavy atom. The van der Waals surface area contributed by atoms with E-state index in [1.807, 2.05) is 38.1 Å². The molecule has 0 saturated carbocycles. The van der Waals surface area contributed by atoms with Gasteiger partial charge in [-0.1, -0.05) is 13.8 Å². The van der Waals surface area contributed by atoms with E-state index in [2.05, 4.69) is 0 Å². The monoisotopic (exact) mass is 390 g/mol. The van der Waals surface area contributed by atoms with Crippen molar-refractivity contribution >= 4 is 52.6 Å². The average Bonchev–Trinajstić information content (AvgIpc) is 3.07. The van der Waals surface area contributed by atoms with E-state index in [0.717, 1.165) is 28.3 Å². The van der Waals surface area contributed by atoms with Crippen LogP contribution in [0.25, 0.3) is 11.6 Å². The number of carboxylic acid groups (broad SMARTS) is 1. The number of thiazole rings is 1. The molecule has 0 amide bonds. The molecular weight excluding hydrogens is 372 g/mol. The molecule has 2 aromatic rings. The summed E-state index contributed by atoms with van der Waals surface area (Å²) in [6.45, 7) is 3.72. The number of aromatic hydroxyl groups is 1. The molecule has 0 bridgehead atoms. The molecule has 0 spiro atoms. The SMILES string of the molecule is COc1ccc2c(c1)/C(=C\c1sc(=S)n(CC(=O)O)c1O)C(C(C)C)=N2. The molecule has 2 N–H and O–H groups in total. The van der Waals surface area contributed by atoms with Crippen molar-refractivity contribution in [2.45, 2.75) is 20.4 Å². The normalized spacial score (nSPS) is 14.6. The molecule has 1 aromatic heterocycles. The molecule has 0 unspecified atom stereocenters. The first-order chi connectivity index (χ1) is 12.3. The van der Waals surface area contributed by atoms with Gasteiger partial charge in [-0.25, -0.2) is 0 Å². The topological polar surface area (TPSA) is 84.0 Å². The third kappa shape index (κ3) is 3.30. The van der Waals surface area contributed by atoms with Crippen molar-refractivity contribution < 1.29 is 19.7 Å². The van der Waals surface area contributed by atoms with Crippen LogP contribution in [0.15, 0.2) is 23.2 Å². The van der Waals surface area contributed by atoms with Crippen molar-refractivity contribution in [1.82, 2.24) is 4.57 Å². The fourth-order valence-corrected chi connectivity index (χ4v) is 4.04. The minimum absolute atomic E-state index is 0.144. The number of ether oxygens (including phenoxy) is 1. The van der Waals surface area contributed by atoms with Gasteiger partial charge in [0.05, 0.1) is 23.4 Å². The van der Waals surface area contributed by atoms with Crippen molar-refractivity contribution in [1.29, 1.82) is 0 Å². The van der Waals surface area contributed by atoms with Gasteiger partial charge in [-0.15, -0.1) is 11.3 Å². The number of carbonyl (C=O) groups is 1. The highest BCUT2D eigenvalue weighted by molar-refractivity contribution is 7.73. The molecule has 0 atom stereocenters. The van der Waals surface area contributed by atoms with Gasteiger partial charge in [0.15, 0.2) is 3.95 Å². The second-order valence-corrected chi connectivity index (χ2v) is 7.80. The van der Waals surface area contributed by atoms with Crippen molar-refractivity contribution in [3.05, 3.63) is 32.6 Å². The number of fused-ring (bicyclic) bond motifs is 1. The maximum atomic E-state index is 11.0. The van der Waals surface area contributed by atoms with Crippen LogP contribution in [-0.4, -0.2) is 33.6 Å². The second-order valence-electron chi connectivity index (χ2n) is 6.13. The molecule has 136 valence electrons. The number of carboxylic acids is 1. The van der Waals surface area contributed by atoms with Crippen LogP contribution in [-0.2, 0) is 11.3 Å². The zero-order valence-corrected chi connectivity index (χ0v) is 16.1. The van der Waals surface area contributed by atoms with Crippen LogP contribution in [0.1, 0.15) is 24.3 Å². The number of allylic oxidation sites excluding steroid dienone is 1. The van der Waals surface area contributed by atoms with Crippen LogP contribution >= 0.6 is 23.6 Å². The molecule has 1 aliphatic rings. The van der Waals surface area contributed by atoms with Crippen molar-refractivity contribution in [2.75, 3.05) is 7.11 Å². The second kappa shape index (κ2) is 7.05. The largest absolute Gasteiger partial charge is 0.497 e. The van der Waals surface area contributed by atoms with E-state index in [1.165, 1.54) is 15.9 Å². The summed E-state index contributed by atoms with van der Waals surface area (Å²) >= 11 is 6.37. The Kier molecular flexibility index (Phi) is 4.97. The lowest BCUT2D eigenvalue weighted by atomic mass is 9.95. The highest BCUT2D eigenvalue weighted by Gasteiger charge is 2.25. The number of hydrogen-bond acceptors (Lipinski definition) is 6. The molecule has 1 aromatic carbocycles. The Balaban J connectivity index is 2.15. The minimum Gasteiger partial charge on any atom is -0.497 e. The average molecular weight is 390 g/mol. The minimum atomic E-state index is -1.06. The zero-order chi connectivity index (χ0) is 19.0. The van der Waals surface area contributed by atoms with Gasteiger partial charge >= 0.3 is 5.97 Å². The van der Waals surface area contributed by atoms with Crippen LogP contribution in [0.4, 0.5) is 5.69 Å². The lowest BCUT2D eigenvalue weighted by molar-refractivity contribution is -0.137. The van der Waals surface area contributed by atoms with Gasteiger partial charge in [0, 0.05) is 11.1 Å². The summed E-state index contributed by atoms with van der Waals surface area (Å²) in [7, 11) is 1.60. The number of aliphatic imine (C=N–C) groups is 1. The Morgan fingerprint density at radius 3 is 2.81 bits per heavy atom. The van der Waals surface area contributed by atoms with Gasteiger partial charge in [0.1, 0.15) is 12.3 Å². The molecule has 0 saturated heterocycles. The first-order valence-corrected chi connectivity index (χ1v) is 9.17. The molecule has 8 heteroatoms. The third-order valence-electron chi connectivity index (χ3n) is 4.02. The third-order valence-corrected chi connectivity index (χ3v) is 5.41. The summed E-state index contributed by atoms with van der Waals surface area (Å²) in [5, 5.41) is 19.4. The smallest absolute Gasteiger partial charge is 0.323 e. The van der Waals surface area contributed by atoms with Crippen LogP contribution in [0.5, 0.6) is 11.6 Å². The highest BCUT2D eigenvalue weighted by Crippen LogP contribution is 2.41. The number of methoxy groups -OCH3 is 1. The van der Waals surface area contributed by atoms with Crippen molar-refractivity contribution in [3.63, 3.8) is 0 Å². The van der Waals surface area contributed by atoms with Gasteiger partial charge in [-0.05, 0) is 42.4 Å². The molecule has 6 nitrogen and oxygen atoms in total. The van der Waals surface area contributed by atoms with Crippen LogP contribution in [0, 0.1) is 9.87 Å². The Labute approximate surface area is 159 Å². The predicted octanol–water partition coefficient (Wildman–Crippen LogP) is 4.36. The van der Waals surface area contributed by atoms with E-state index in [1.54, 1.807) is 7.11 Å². The summed E-state index contributed by atoms with van der Waals surface area (Å²) in [6, 6.07) is 5.66. The lowest BCUT2D eigenvalue weighted by Crippen LogP contribution is -2.08. The predicted molar refractivity (Wildman–Crippen MR) is 105 cm³/mol. The number of hydrogen-bond donors (Lipinski definition) is 2. The summed E-state index contributed by atoms with van der Waals surface area (Å²) < 4.78 is 6.83. The quantitative estimate of drug-likeness (QED) is 0.741. The lowest BCUT2D eigenvalue weighted by Gasteiger charge is -2.09. The highest BCUT2D eigenvalue weighted by atomic mass is 32.1. The Hall–Kier alpha value is -2.45. The molecular formula is C18H18N2O4S2. The van der Waals surface area contributed by atoms with E-state index in [9.17, 15) is 9.90 Å². The summed E-state index contributed by atoms with van der Waals surface area (Å²) in [5.74, 6) is -0.311. The van der Waals surface area contributed by atoms with E-state index in [4.69, 9.17) is 27.1 Å². The molecule has 2 heterocycles. The number of nitrogens with zero attached hydrogens (tertiary/aromatic N) is 2. The first-order valence-electron chi connectivity index (χ1n) is 7.95. The molecule has 3 rings (SSSR count). The maximum Gasteiger partial charge on any atom is 0.323 e. The van der Waals surface area contributed by atoms with Crippen LogP contribution in [0.3, 0.4) is 0 Å². The molecule has 0 aliphatic carbocycles. The van der Waals surface area contributed by atoms with Crippen molar-refractivity contribution in [2.24, 2.45) is 10.9 Å². The summed E-state index contributed by atoms with van der Waals surface area (Å²) in [4.78, 5) is 16.2. The zero-order valence-electron chi connectivity index (χ0n) is 14.5. The Bertz CT molecular complexity index is 999. The van der Waals surface area contributed by atoms with Gasteiger partial charge in [0.2, 0.25) is 5.88 Å².